The van der Waals surface area contributed by atoms with Gasteiger partial charge in [-0.15, -0.1) is 0 Å². The van der Waals surface area contributed by atoms with E-state index in [0.29, 0.717) is 37.6 Å². The van der Waals surface area contributed by atoms with Gasteiger partial charge in [0, 0.05) is 26.1 Å². The average Bonchev–Trinajstić information content (AvgIpc) is 3.07. The third-order valence-electron chi connectivity index (χ3n) is 4.86. The Balaban J connectivity index is 1.58. The van der Waals surface area contributed by atoms with Crippen molar-refractivity contribution in [3.8, 4) is 6.07 Å². The van der Waals surface area contributed by atoms with E-state index in [9.17, 15) is 10.1 Å². The highest BCUT2D eigenvalue weighted by Gasteiger charge is 2.48. The highest BCUT2D eigenvalue weighted by Crippen LogP contribution is 2.42. The van der Waals surface area contributed by atoms with Crippen LogP contribution in [0.15, 0.2) is 4.52 Å². The van der Waals surface area contributed by atoms with Gasteiger partial charge in [0.25, 0.3) is 0 Å². The van der Waals surface area contributed by atoms with Crippen LogP contribution < -0.4 is 0 Å². The molecule has 1 atom stereocenters. The standard InChI is InChI=1S/C15H21N5O2/c1-11-17-13(18-22-11)9-19(2)12-4-7-20(8-12)14(21)15(10-16)5-3-6-15/h12H,3-9H2,1-2H3. The van der Waals surface area contributed by atoms with Gasteiger partial charge < -0.3 is 9.42 Å². The van der Waals surface area contributed by atoms with Crippen LogP contribution in [0.5, 0.6) is 0 Å². The second kappa shape index (κ2) is 5.69. The Hall–Kier alpha value is -1.94. The van der Waals surface area contributed by atoms with Crippen molar-refractivity contribution < 1.29 is 9.32 Å². The van der Waals surface area contributed by atoms with Crippen LogP contribution in [-0.2, 0) is 11.3 Å². The minimum absolute atomic E-state index is 0.0209. The van der Waals surface area contributed by atoms with E-state index in [1.54, 1.807) is 6.92 Å². The van der Waals surface area contributed by atoms with E-state index in [1.165, 1.54) is 0 Å². The molecule has 1 unspecified atom stereocenters. The molecule has 1 amide bonds. The molecule has 1 saturated heterocycles. The molecule has 1 aromatic rings. The van der Waals surface area contributed by atoms with Crippen molar-refractivity contribution in [3.63, 3.8) is 0 Å². The van der Waals surface area contributed by atoms with Gasteiger partial charge >= 0.3 is 0 Å². The number of hydrogen-bond donors (Lipinski definition) is 0. The Morgan fingerprint density at radius 3 is 2.91 bits per heavy atom. The number of carbonyl (C=O) groups excluding carboxylic acids is 1. The molecule has 0 bridgehead atoms. The largest absolute Gasteiger partial charge is 0.340 e. The Labute approximate surface area is 129 Å². The smallest absolute Gasteiger partial charge is 0.243 e. The number of likely N-dealkylation sites (tertiary alicyclic amines) is 1. The molecule has 22 heavy (non-hydrogen) atoms. The Morgan fingerprint density at radius 2 is 2.36 bits per heavy atom. The van der Waals surface area contributed by atoms with Crippen LogP contribution >= 0.6 is 0 Å². The van der Waals surface area contributed by atoms with Crippen LogP contribution in [0, 0.1) is 23.7 Å². The van der Waals surface area contributed by atoms with Gasteiger partial charge in [0.05, 0.1) is 12.6 Å². The molecule has 2 heterocycles. The number of nitrogens with zero attached hydrogens (tertiary/aromatic N) is 5. The Bertz CT molecular complexity index is 601. The van der Waals surface area contributed by atoms with Gasteiger partial charge in [-0.2, -0.15) is 10.2 Å². The molecule has 0 spiro atoms. The number of rotatable bonds is 4. The van der Waals surface area contributed by atoms with Crippen molar-refractivity contribution >= 4 is 5.91 Å². The van der Waals surface area contributed by atoms with E-state index in [-0.39, 0.29) is 11.9 Å². The topological polar surface area (TPSA) is 86.3 Å². The lowest BCUT2D eigenvalue weighted by Crippen LogP contribution is -2.47. The van der Waals surface area contributed by atoms with Crippen molar-refractivity contribution in [2.45, 2.75) is 45.2 Å². The zero-order chi connectivity index (χ0) is 15.7. The van der Waals surface area contributed by atoms with Crippen LogP contribution in [0.2, 0.25) is 0 Å². The fraction of sp³-hybridized carbons (Fsp3) is 0.733. The second-order valence-electron chi connectivity index (χ2n) is 6.39. The first-order chi connectivity index (χ1) is 10.5. The minimum atomic E-state index is -0.738. The monoisotopic (exact) mass is 303 g/mol. The summed E-state index contributed by atoms with van der Waals surface area (Å²) in [6, 6.07) is 2.52. The zero-order valence-electron chi connectivity index (χ0n) is 13.1. The molecular weight excluding hydrogens is 282 g/mol. The lowest BCUT2D eigenvalue weighted by atomic mass is 9.69. The van der Waals surface area contributed by atoms with Gasteiger partial charge in [0.2, 0.25) is 11.8 Å². The number of nitriles is 1. The molecule has 7 heteroatoms. The first-order valence-corrected chi connectivity index (χ1v) is 7.74. The van der Waals surface area contributed by atoms with Gasteiger partial charge in [-0.25, -0.2) is 0 Å². The zero-order valence-corrected chi connectivity index (χ0v) is 13.1. The van der Waals surface area contributed by atoms with Crippen LogP contribution in [0.4, 0.5) is 0 Å². The molecule has 7 nitrogen and oxygen atoms in total. The van der Waals surface area contributed by atoms with Crippen molar-refractivity contribution in [2.75, 3.05) is 20.1 Å². The molecule has 118 valence electrons. The predicted molar refractivity (Wildman–Crippen MR) is 77.4 cm³/mol. The number of hydrogen-bond acceptors (Lipinski definition) is 6. The quantitative estimate of drug-likeness (QED) is 0.828. The van der Waals surface area contributed by atoms with Crippen LogP contribution in [0.25, 0.3) is 0 Å². The Kier molecular flexibility index (Phi) is 3.87. The van der Waals surface area contributed by atoms with Crippen LogP contribution in [-0.4, -0.2) is 52.0 Å². The number of aryl methyl sites for hydroxylation is 1. The number of likely N-dealkylation sites (N-methyl/N-ethyl adjacent to an activating group) is 1. The Morgan fingerprint density at radius 1 is 1.59 bits per heavy atom. The fourth-order valence-electron chi connectivity index (χ4n) is 3.25. The maximum absolute atomic E-state index is 12.6. The molecule has 0 N–H and O–H groups in total. The molecule has 1 aromatic heterocycles. The molecular formula is C15H21N5O2. The van der Waals surface area contributed by atoms with E-state index in [4.69, 9.17) is 4.52 Å². The summed E-state index contributed by atoms with van der Waals surface area (Å²) in [5, 5.41) is 13.2. The molecule has 1 saturated carbocycles. The van der Waals surface area contributed by atoms with Crippen molar-refractivity contribution in [3.05, 3.63) is 11.7 Å². The first-order valence-electron chi connectivity index (χ1n) is 7.74. The van der Waals surface area contributed by atoms with E-state index in [1.807, 2.05) is 11.9 Å². The second-order valence-corrected chi connectivity index (χ2v) is 6.39. The minimum Gasteiger partial charge on any atom is -0.340 e. The first kappa shape index (κ1) is 15.0. The van der Waals surface area contributed by atoms with Crippen molar-refractivity contribution in [1.82, 2.24) is 19.9 Å². The van der Waals surface area contributed by atoms with Crippen molar-refractivity contribution in [1.29, 1.82) is 5.26 Å². The summed E-state index contributed by atoms with van der Waals surface area (Å²) in [4.78, 5) is 20.8. The lowest BCUT2D eigenvalue weighted by molar-refractivity contribution is -0.142. The summed E-state index contributed by atoms with van der Waals surface area (Å²) in [6.07, 6.45) is 3.32. The van der Waals surface area contributed by atoms with Crippen LogP contribution in [0.3, 0.4) is 0 Å². The van der Waals surface area contributed by atoms with Gasteiger partial charge in [-0.1, -0.05) is 5.16 Å². The van der Waals surface area contributed by atoms with E-state index in [0.717, 1.165) is 19.4 Å². The molecule has 1 aliphatic carbocycles. The molecule has 0 radical (unpaired) electrons. The van der Waals surface area contributed by atoms with E-state index >= 15 is 0 Å². The molecule has 2 aliphatic rings. The number of carbonyl (C=O) groups is 1. The summed E-state index contributed by atoms with van der Waals surface area (Å²) >= 11 is 0. The van der Waals surface area contributed by atoms with E-state index in [2.05, 4.69) is 21.1 Å². The van der Waals surface area contributed by atoms with Crippen LogP contribution in [0.1, 0.15) is 37.4 Å². The highest BCUT2D eigenvalue weighted by molar-refractivity contribution is 5.86. The summed E-state index contributed by atoms with van der Waals surface area (Å²) < 4.78 is 4.98. The molecule has 2 fully saturated rings. The maximum atomic E-state index is 12.6. The fourth-order valence-corrected chi connectivity index (χ4v) is 3.25. The summed E-state index contributed by atoms with van der Waals surface area (Å²) in [5.74, 6) is 1.25. The van der Waals surface area contributed by atoms with E-state index < -0.39 is 5.41 Å². The lowest BCUT2D eigenvalue weighted by Gasteiger charge is -2.37. The SMILES string of the molecule is Cc1nc(CN(C)C2CCN(C(=O)C3(C#N)CCC3)C2)no1. The highest BCUT2D eigenvalue weighted by atomic mass is 16.5. The van der Waals surface area contributed by atoms with Gasteiger partial charge in [-0.05, 0) is 32.7 Å². The average molecular weight is 303 g/mol. The van der Waals surface area contributed by atoms with Crippen molar-refractivity contribution in [2.24, 2.45) is 5.41 Å². The maximum Gasteiger partial charge on any atom is 0.243 e. The van der Waals surface area contributed by atoms with Gasteiger partial charge in [0.1, 0.15) is 5.41 Å². The molecule has 0 aromatic carbocycles. The molecule has 1 aliphatic heterocycles. The normalized spacial score (nSPS) is 23.4. The predicted octanol–water partition coefficient (Wildman–Crippen LogP) is 1.10. The number of amides is 1. The van der Waals surface area contributed by atoms with Gasteiger partial charge in [0.15, 0.2) is 5.82 Å². The third kappa shape index (κ3) is 2.59. The summed E-state index contributed by atoms with van der Waals surface area (Å²) in [5.41, 5.74) is -0.738. The third-order valence-corrected chi connectivity index (χ3v) is 4.86. The summed E-state index contributed by atoms with van der Waals surface area (Å²) in [7, 11) is 2.01. The molecule has 3 rings (SSSR count). The number of aromatic nitrogens is 2. The van der Waals surface area contributed by atoms with Gasteiger partial charge in [-0.3, -0.25) is 9.69 Å². The summed E-state index contributed by atoms with van der Waals surface area (Å²) in [6.45, 7) is 3.78.